The number of halogens is 3. The van der Waals surface area contributed by atoms with Gasteiger partial charge in [-0.3, -0.25) is 0 Å². The molecule has 3 heterocycles. The van der Waals surface area contributed by atoms with Gasteiger partial charge in [-0.15, -0.1) is 0 Å². The van der Waals surface area contributed by atoms with Crippen LogP contribution in [0.5, 0.6) is 5.88 Å². The van der Waals surface area contributed by atoms with Gasteiger partial charge in [0.15, 0.2) is 0 Å². The number of benzene rings is 3. The van der Waals surface area contributed by atoms with Gasteiger partial charge in [0, 0.05) is 23.5 Å². The fourth-order valence-electron chi connectivity index (χ4n) is 5.40. The van der Waals surface area contributed by atoms with Crippen molar-refractivity contribution in [1.82, 2.24) is 14.5 Å². The monoisotopic (exact) mass is 587 g/mol. The van der Waals surface area contributed by atoms with Crippen LogP contribution in [0.3, 0.4) is 0 Å². The normalized spacial score (nSPS) is 16.1. The molecule has 5 aromatic rings. The van der Waals surface area contributed by atoms with Crippen LogP contribution in [0.2, 0.25) is 0 Å². The van der Waals surface area contributed by atoms with Crippen LogP contribution < -0.4 is 4.74 Å². The first kappa shape index (κ1) is 28.4. The Hall–Kier alpha value is -4.70. The first-order valence-corrected chi connectivity index (χ1v) is 13.7. The second-order valence-corrected chi connectivity index (χ2v) is 11.3. The van der Waals surface area contributed by atoms with Crippen molar-refractivity contribution in [2.75, 3.05) is 13.2 Å². The lowest BCUT2D eigenvalue weighted by molar-refractivity contribution is 0.0697. The van der Waals surface area contributed by atoms with Crippen molar-refractivity contribution < 1.29 is 32.5 Å². The molecule has 0 bridgehead atoms. The van der Waals surface area contributed by atoms with Crippen LogP contribution in [0.15, 0.2) is 72.8 Å². The van der Waals surface area contributed by atoms with Crippen molar-refractivity contribution in [3.63, 3.8) is 0 Å². The van der Waals surface area contributed by atoms with Crippen molar-refractivity contribution in [2.24, 2.45) is 5.41 Å². The predicted molar refractivity (Wildman–Crippen MR) is 153 cm³/mol. The molecule has 10 heteroatoms. The highest BCUT2D eigenvalue weighted by Crippen LogP contribution is 2.40. The summed E-state index contributed by atoms with van der Waals surface area (Å²) in [5.74, 6) is -2.04. The number of hydrogen-bond donors (Lipinski definition) is 1. The van der Waals surface area contributed by atoms with E-state index in [2.05, 4.69) is 4.98 Å². The van der Waals surface area contributed by atoms with Gasteiger partial charge in [-0.2, -0.15) is 0 Å². The molecule has 220 valence electrons. The predicted octanol–water partition coefficient (Wildman–Crippen LogP) is 6.98. The molecule has 3 aromatic carbocycles. The summed E-state index contributed by atoms with van der Waals surface area (Å²) in [5, 5.41) is 9.57. The Kier molecular flexibility index (Phi) is 7.39. The molecular weight excluding hydrogens is 559 g/mol. The number of hydrogen-bond acceptors (Lipinski definition) is 5. The van der Waals surface area contributed by atoms with E-state index in [0.29, 0.717) is 30.1 Å². The van der Waals surface area contributed by atoms with Crippen LogP contribution in [-0.2, 0) is 17.8 Å². The molecule has 1 atom stereocenters. The minimum Gasteiger partial charge on any atom is -0.478 e. The van der Waals surface area contributed by atoms with Crippen LogP contribution >= 0.6 is 0 Å². The minimum absolute atomic E-state index is 0.0268. The standard InChI is InChI=1S/C33H28F3N3O4/c1-33(2)18-42-17-29(33)39-28-13-20(32(40)41)8-11-27(28)37-30(39)14-21-12-25(36)23(15-24(21)35)26-4-3-5-31(38-26)43-16-19-6-9-22(34)10-7-19/h3-13,15,29H,14,16-18H2,1-2H3,(H,40,41). The van der Waals surface area contributed by atoms with E-state index >= 15 is 8.78 Å². The highest BCUT2D eigenvalue weighted by atomic mass is 19.1. The molecule has 0 aliphatic carbocycles. The van der Waals surface area contributed by atoms with Crippen molar-refractivity contribution >= 4 is 17.0 Å². The Morgan fingerprint density at radius 3 is 2.53 bits per heavy atom. The van der Waals surface area contributed by atoms with Crippen LogP contribution in [-0.4, -0.2) is 38.8 Å². The van der Waals surface area contributed by atoms with Crippen molar-refractivity contribution in [3.05, 3.63) is 113 Å². The zero-order valence-corrected chi connectivity index (χ0v) is 23.5. The lowest BCUT2D eigenvalue weighted by atomic mass is 9.87. The highest BCUT2D eigenvalue weighted by molar-refractivity contribution is 5.92. The number of carboxylic acid groups (broad SMARTS) is 1. The zero-order valence-electron chi connectivity index (χ0n) is 23.5. The third-order valence-corrected chi connectivity index (χ3v) is 7.76. The SMILES string of the molecule is CC1(C)COCC1n1c(Cc2cc(F)c(-c3cccc(OCc4ccc(F)cc4)n3)cc2F)nc2ccc(C(=O)O)cc21. The minimum atomic E-state index is -1.07. The number of fused-ring (bicyclic) bond motifs is 1. The highest BCUT2D eigenvalue weighted by Gasteiger charge is 2.39. The molecule has 2 aromatic heterocycles. The summed E-state index contributed by atoms with van der Waals surface area (Å²) in [6.45, 7) is 5.09. The molecule has 1 aliphatic heterocycles. The van der Waals surface area contributed by atoms with Crippen LogP contribution in [0.25, 0.3) is 22.3 Å². The summed E-state index contributed by atoms with van der Waals surface area (Å²) in [4.78, 5) is 20.7. The van der Waals surface area contributed by atoms with Crippen LogP contribution in [0, 0.1) is 22.9 Å². The second-order valence-electron chi connectivity index (χ2n) is 11.3. The number of imidazole rings is 1. The average Bonchev–Trinajstić information content (AvgIpc) is 3.51. The maximum Gasteiger partial charge on any atom is 0.335 e. The van der Waals surface area contributed by atoms with E-state index in [1.807, 2.05) is 18.4 Å². The molecular formula is C33H28F3N3O4. The molecule has 0 saturated carbocycles. The summed E-state index contributed by atoms with van der Waals surface area (Å²) in [5.41, 5.74) is 1.94. The quantitative estimate of drug-likeness (QED) is 0.211. The molecule has 0 radical (unpaired) electrons. The summed E-state index contributed by atoms with van der Waals surface area (Å²) in [6, 6.07) is 17.3. The molecule has 1 unspecified atom stereocenters. The Balaban J connectivity index is 1.32. The van der Waals surface area contributed by atoms with Gasteiger partial charge in [-0.25, -0.2) is 27.9 Å². The summed E-state index contributed by atoms with van der Waals surface area (Å²) in [7, 11) is 0. The summed E-state index contributed by atoms with van der Waals surface area (Å²) < 4.78 is 57.6. The zero-order chi connectivity index (χ0) is 30.3. The van der Waals surface area contributed by atoms with Crippen molar-refractivity contribution in [1.29, 1.82) is 0 Å². The number of aromatic nitrogens is 3. The number of carbonyl (C=O) groups is 1. The van der Waals surface area contributed by atoms with E-state index in [9.17, 15) is 14.3 Å². The molecule has 1 fully saturated rings. The Morgan fingerprint density at radius 1 is 1.02 bits per heavy atom. The van der Waals surface area contributed by atoms with Gasteiger partial charge < -0.3 is 19.1 Å². The topological polar surface area (TPSA) is 86.5 Å². The third kappa shape index (κ3) is 5.70. The average molecular weight is 588 g/mol. The summed E-state index contributed by atoms with van der Waals surface area (Å²) >= 11 is 0. The largest absolute Gasteiger partial charge is 0.478 e. The van der Waals surface area contributed by atoms with Crippen LogP contribution in [0.1, 0.15) is 47.2 Å². The fourth-order valence-corrected chi connectivity index (χ4v) is 5.40. The first-order valence-electron chi connectivity index (χ1n) is 13.7. The number of carboxylic acids is 1. The van der Waals surface area contributed by atoms with Gasteiger partial charge in [0.05, 0.1) is 41.5 Å². The number of pyridine rings is 1. The second kappa shape index (κ2) is 11.2. The Labute approximate surface area is 245 Å². The summed E-state index contributed by atoms with van der Waals surface area (Å²) in [6.07, 6.45) is -0.0268. The van der Waals surface area contributed by atoms with Crippen molar-refractivity contribution in [2.45, 2.75) is 32.9 Å². The maximum absolute atomic E-state index is 15.6. The molecule has 0 spiro atoms. The molecule has 1 aliphatic rings. The van der Waals surface area contributed by atoms with E-state index in [4.69, 9.17) is 14.5 Å². The maximum atomic E-state index is 15.6. The number of rotatable bonds is 8. The molecule has 43 heavy (non-hydrogen) atoms. The third-order valence-electron chi connectivity index (χ3n) is 7.76. The molecule has 1 N–H and O–H groups in total. The van der Waals surface area contributed by atoms with Crippen LogP contribution in [0.4, 0.5) is 13.2 Å². The van der Waals surface area contributed by atoms with E-state index in [1.165, 1.54) is 18.2 Å². The smallest absolute Gasteiger partial charge is 0.335 e. The van der Waals surface area contributed by atoms with Gasteiger partial charge in [-0.1, -0.05) is 32.0 Å². The van der Waals surface area contributed by atoms with Gasteiger partial charge in [0.1, 0.15) is 29.9 Å². The van der Waals surface area contributed by atoms with Gasteiger partial charge in [-0.05, 0) is 59.7 Å². The lowest BCUT2D eigenvalue weighted by Gasteiger charge is -2.28. The van der Waals surface area contributed by atoms with Gasteiger partial charge in [0.25, 0.3) is 0 Å². The molecule has 0 amide bonds. The number of nitrogens with zero attached hydrogens (tertiary/aromatic N) is 3. The molecule has 1 saturated heterocycles. The number of aromatic carboxylic acids is 1. The van der Waals surface area contributed by atoms with Gasteiger partial charge in [0.2, 0.25) is 5.88 Å². The van der Waals surface area contributed by atoms with E-state index < -0.39 is 17.6 Å². The van der Waals surface area contributed by atoms with E-state index in [1.54, 1.807) is 42.5 Å². The Morgan fingerprint density at radius 2 is 1.81 bits per heavy atom. The van der Waals surface area contributed by atoms with Gasteiger partial charge >= 0.3 is 5.97 Å². The van der Waals surface area contributed by atoms with E-state index in [-0.39, 0.29) is 58.6 Å². The fraction of sp³-hybridized carbons (Fsp3) is 0.242. The number of ether oxygens (including phenoxy) is 2. The molecule has 6 rings (SSSR count). The molecule has 7 nitrogen and oxygen atoms in total. The van der Waals surface area contributed by atoms with Crippen molar-refractivity contribution in [3.8, 4) is 17.1 Å². The first-order chi connectivity index (χ1) is 20.6. The van der Waals surface area contributed by atoms with E-state index in [0.717, 1.165) is 17.7 Å². The lowest BCUT2D eigenvalue weighted by Crippen LogP contribution is -2.27. The Bertz CT molecular complexity index is 1840.